The molecule has 4 heteroatoms. The van der Waals surface area contributed by atoms with E-state index in [9.17, 15) is 4.79 Å². The third kappa shape index (κ3) is 3.51. The molecule has 2 aromatic carbocycles. The average molecular weight is 271 g/mol. The first-order chi connectivity index (χ1) is 9.72. The summed E-state index contributed by atoms with van der Waals surface area (Å²) >= 11 is 0. The van der Waals surface area contributed by atoms with Crippen molar-refractivity contribution >= 4 is 17.3 Å². The van der Waals surface area contributed by atoms with Gasteiger partial charge in [0, 0.05) is 17.4 Å². The average Bonchev–Trinajstić information content (AvgIpc) is 2.48. The molecule has 0 aliphatic carbocycles. The molecule has 0 unspecified atom stereocenters. The number of ether oxygens (including phenoxy) is 2. The SMILES string of the molecule is CCOC(=O)c1ccc(Nc2cccc(OC)c2)cc1. The minimum Gasteiger partial charge on any atom is -0.497 e. The molecule has 0 aromatic heterocycles. The van der Waals surface area contributed by atoms with Crippen LogP contribution in [0.5, 0.6) is 5.75 Å². The molecule has 20 heavy (non-hydrogen) atoms. The second-order valence-electron chi connectivity index (χ2n) is 4.15. The van der Waals surface area contributed by atoms with Crippen LogP contribution in [0.4, 0.5) is 11.4 Å². The van der Waals surface area contributed by atoms with Crippen LogP contribution in [0, 0.1) is 0 Å². The van der Waals surface area contributed by atoms with Gasteiger partial charge < -0.3 is 14.8 Å². The molecule has 0 aliphatic heterocycles. The fourth-order valence-corrected chi connectivity index (χ4v) is 1.77. The normalized spacial score (nSPS) is 9.90. The van der Waals surface area contributed by atoms with Crippen LogP contribution in [0.25, 0.3) is 0 Å². The van der Waals surface area contributed by atoms with Gasteiger partial charge in [-0.05, 0) is 43.3 Å². The lowest BCUT2D eigenvalue weighted by Gasteiger charge is -2.08. The summed E-state index contributed by atoms with van der Waals surface area (Å²) in [6.45, 7) is 2.17. The minimum absolute atomic E-state index is 0.305. The Balaban J connectivity index is 2.08. The smallest absolute Gasteiger partial charge is 0.338 e. The number of hydrogen-bond donors (Lipinski definition) is 1. The molecule has 104 valence electrons. The Bertz CT molecular complexity index is 579. The van der Waals surface area contributed by atoms with Crippen molar-refractivity contribution in [1.29, 1.82) is 0 Å². The minimum atomic E-state index is -0.305. The Morgan fingerprint density at radius 3 is 2.50 bits per heavy atom. The predicted molar refractivity (Wildman–Crippen MR) is 78.7 cm³/mol. The molecule has 0 fully saturated rings. The summed E-state index contributed by atoms with van der Waals surface area (Å²) < 4.78 is 10.1. The Labute approximate surface area is 118 Å². The molecule has 0 radical (unpaired) electrons. The lowest BCUT2D eigenvalue weighted by atomic mass is 10.2. The highest BCUT2D eigenvalue weighted by Crippen LogP contribution is 2.21. The Kier molecular flexibility index (Phi) is 4.60. The van der Waals surface area contributed by atoms with E-state index >= 15 is 0 Å². The molecule has 0 heterocycles. The Morgan fingerprint density at radius 1 is 1.10 bits per heavy atom. The first kappa shape index (κ1) is 13.9. The van der Waals surface area contributed by atoms with Gasteiger partial charge in [0.1, 0.15) is 5.75 Å². The first-order valence-corrected chi connectivity index (χ1v) is 6.41. The molecule has 0 bridgehead atoms. The molecule has 0 saturated heterocycles. The maximum absolute atomic E-state index is 11.5. The molecule has 0 atom stereocenters. The van der Waals surface area contributed by atoms with Crippen LogP contribution in [0.15, 0.2) is 48.5 Å². The van der Waals surface area contributed by atoms with Gasteiger partial charge in [0.2, 0.25) is 0 Å². The Morgan fingerprint density at radius 2 is 1.85 bits per heavy atom. The number of nitrogens with one attached hydrogen (secondary N) is 1. The summed E-state index contributed by atoms with van der Waals surface area (Å²) in [6, 6.07) is 14.8. The molecule has 0 aliphatic rings. The second-order valence-corrected chi connectivity index (χ2v) is 4.15. The van der Waals surface area contributed by atoms with Crippen LogP contribution in [0.3, 0.4) is 0 Å². The number of esters is 1. The summed E-state index contributed by atoms with van der Waals surface area (Å²) in [5, 5.41) is 3.24. The van der Waals surface area contributed by atoms with E-state index < -0.39 is 0 Å². The van der Waals surface area contributed by atoms with E-state index in [0.29, 0.717) is 12.2 Å². The molecule has 4 nitrogen and oxygen atoms in total. The van der Waals surface area contributed by atoms with Gasteiger partial charge in [0.05, 0.1) is 19.3 Å². The Hall–Kier alpha value is -2.49. The van der Waals surface area contributed by atoms with Gasteiger partial charge in [-0.15, -0.1) is 0 Å². The van der Waals surface area contributed by atoms with Crippen molar-refractivity contribution in [2.75, 3.05) is 19.0 Å². The van der Waals surface area contributed by atoms with Gasteiger partial charge in [-0.2, -0.15) is 0 Å². The molecular formula is C16H17NO3. The summed E-state index contributed by atoms with van der Waals surface area (Å²) in [4.78, 5) is 11.5. The number of rotatable bonds is 5. The number of benzene rings is 2. The molecule has 2 rings (SSSR count). The van der Waals surface area contributed by atoms with Crippen LogP contribution in [-0.4, -0.2) is 19.7 Å². The van der Waals surface area contributed by atoms with E-state index in [2.05, 4.69) is 5.32 Å². The summed E-state index contributed by atoms with van der Waals surface area (Å²) in [5.41, 5.74) is 2.36. The van der Waals surface area contributed by atoms with Crippen LogP contribution in [0.2, 0.25) is 0 Å². The van der Waals surface area contributed by atoms with Crippen LogP contribution in [0.1, 0.15) is 17.3 Å². The first-order valence-electron chi connectivity index (χ1n) is 6.41. The van der Waals surface area contributed by atoms with Crippen molar-refractivity contribution in [2.45, 2.75) is 6.92 Å². The fraction of sp³-hybridized carbons (Fsp3) is 0.188. The highest BCUT2D eigenvalue weighted by molar-refractivity contribution is 5.89. The molecule has 0 spiro atoms. The highest BCUT2D eigenvalue weighted by atomic mass is 16.5. The van der Waals surface area contributed by atoms with Gasteiger partial charge in [-0.25, -0.2) is 4.79 Å². The monoisotopic (exact) mass is 271 g/mol. The third-order valence-corrected chi connectivity index (χ3v) is 2.75. The van der Waals surface area contributed by atoms with Gasteiger partial charge in [0.25, 0.3) is 0 Å². The summed E-state index contributed by atoms with van der Waals surface area (Å²) in [6.07, 6.45) is 0. The van der Waals surface area contributed by atoms with Gasteiger partial charge >= 0.3 is 5.97 Å². The lowest BCUT2D eigenvalue weighted by molar-refractivity contribution is 0.0526. The largest absolute Gasteiger partial charge is 0.497 e. The van der Waals surface area contributed by atoms with Gasteiger partial charge in [-0.1, -0.05) is 6.07 Å². The molecular weight excluding hydrogens is 254 g/mol. The zero-order chi connectivity index (χ0) is 14.4. The molecule has 0 amide bonds. The maximum atomic E-state index is 11.5. The number of carbonyl (C=O) groups excluding carboxylic acids is 1. The van der Waals surface area contributed by atoms with Crippen molar-refractivity contribution in [3.63, 3.8) is 0 Å². The van der Waals surface area contributed by atoms with E-state index in [1.54, 1.807) is 26.2 Å². The maximum Gasteiger partial charge on any atom is 0.338 e. The number of carbonyl (C=O) groups is 1. The van der Waals surface area contributed by atoms with Crippen molar-refractivity contribution in [3.05, 3.63) is 54.1 Å². The quantitative estimate of drug-likeness (QED) is 0.844. The van der Waals surface area contributed by atoms with Gasteiger partial charge in [-0.3, -0.25) is 0 Å². The third-order valence-electron chi connectivity index (χ3n) is 2.75. The summed E-state index contributed by atoms with van der Waals surface area (Å²) in [5.74, 6) is 0.485. The molecule has 1 N–H and O–H groups in total. The van der Waals surface area contributed by atoms with E-state index in [1.807, 2.05) is 36.4 Å². The predicted octanol–water partition coefficient (Wildman–Crippen LogP) is 3.62. The number of anilines is 2. The summed E-state index contributed by atoms with van der Waals surface area (Å²) in [7, 11) is 1.63. The van der Waals surface area contributed by atoms with Crippen LogP contribution < -0.4 is 10.1 Å². The number of hydrogen-bond acceptors (Lipinski definition) is 4. The van der Waals surface area contributed by atoms with Crippen molar-refractivity contribution < 1.29 is 14.3 Å². The van der Waals surface area contributed by atoms with E-state index in [0.717, 1.165) is 17.1 Å². The van der Waals surface area contributed by atoms with Crippen molar-refractivity contribution in [3.8, 4) is 5.75 Å². The van der Waals surface area contributed by atoms with Crippen LogP contribution >= 0.6 is 0 Å². The standard InChI is InChI=1S/C16H17NO3/c1-3-20-16(18)12-7-9-13(10-8-12)17-14-5-4-6-15(11-14)19-2/h4-11,17H,3H2,1-2H3. The zero-order valence-electron chi connectivity index (χ0n) is 11.6. The van der Waals surface area contributed by atoms with Gasteiger partial charge in [0.15, 0.2) is 0 Å². The van der Waals surface area contributed by atoms with Crippen LogP contribution in [-0.2, 0) is 4.74 Å². The number of methoxy groups -OCH3 is 1. The van der Waals surface area contributed by atoms with Crippen molar-refractivity contribution in [2.24, 2.45) is 0 Å². The zero-order valence-corrected chi connectivity index (χ0v) is 11.6. The lowest BCUT2D eigenvalue weighted by Crippen LogP contribution is -2.04. The highest BCUT2D eigenvalue weighted by Gasteiger charge is 2.05. The van der Waals surface area contributed by atoms with Crippen molar-refractivity contribution in [1.82, 2.24) is 0 Å². The molecule has 0 saturated carbocycles. The van der Waals surface area contributed by atoms with E-state index in [4.69, 9.17) is 9.47 Å². The molecule has 2 aromatic rings. The van der Waals surface area contributed by atoms with E-state index in [1.165, 1.54) is 0 Å². The fourth-order valence-electron chi connectivity index (χ4n) is 1.77. The second kappa shape index (κ2) is 6.61. The topological polar surface area (TPSA) is 47.6 Å². The van der Waals surface area contributed by atoms with E-state index in [-0.39, 0.29) is 5.97 Å².